The Labute approximate surface area is 197 Å². The molecule has 3 amide bonds. The lowest BCUT2D eigenvalue weighted by molar-refractivity contribution is -0.156. The first-order valence-electron chi connectivity index (χ1n) is 11.0. The molecule has 170 valence electrons. The molecule has 1 aliphatic heterocycles. The first-order valence-corrected chi connectivity index (χ1v) is 11.4. The van der Waals surface area contributed by atoms with Gasteiger partial charge in [-0.05, 0) is 50.5 Å². The SMILES string of the molecule is CC[C@H](C(=O)c1ccccc1)N(C(=O)c1ccc(Cl)cc1)N1C(=O)[C@@H]2CC=C(C)C[C@H]2C1=O. The highest BCUT2D eigenvalue weighted by Gasteiger charge is 2.53. The lowest BCUT2D eigenvalue weighted by Crippen LogP contribution is -2.57. The molecule has 1 heterocycles. The smallest absolute Gasteiger partial charge is 0.273 e. The number of halogens is 1. The van der Waals surface area contributed by atoms with Gasteiger partial charge in [-0.25, -0.2) is 5.01 Å². The number of ketones is 1. The number of allylic oxidation sites excluding steroid dienone is 2. The van der Waals surface area contributed by atoms with Crippen molar-refractivity contribution in [1.82, 2.24) is 10.0 Å². The zero-order valence-electron chi connectivity index (χ0n) is 18.5. The molecular formula is C26H25ClN2O4. The average molecular weight is 465 g/mol. The number of carbonyl (C=O) groups excluding carboxylic acids is 4. The molecule has 7 heteroatoms. The number of fused-ring (bicyclic) bond motifs is 1. The maximum absolute atomic E-state index is 13.7. The number of imide groups is 1. The fraction of sp³-hybridized carbons (Fsp3) is 0.308. The van der Waals surface area contributed by atoms with E-state index in [0.717, 1.165) is 15.6 Å². The molecule has 33 heavy (non-hydrogen) atoms. The Morgan fingerprint density at radius 1 is 1.00 bits per heavy atom. The largest absolute Gasteiger partial charge is 0.292 e. The van der Waals surface area contributed by atoms with Gasteiger partial charge in [0.1, 0.15) is 6.04 Å². The summed E-state index contributed by atoms with van der Waals surface area (Å²) in [5, 5.41) is 2.47. The Morgan fingerprint density at radius 3 is 2.27 bits per heavy atom. The third-order valence-corrected chi connectivity index (χ3v) is 6.61. The molecule has 2 aromatic carbocycles. The van der Waals surface area contributed by atoms with Gasteiger partial charge >= 0.3 is 0 Å². The summed E-state index contributed by atoms with van der Waals surface area (Å²) < 4.78 is 0. The van der Waals surface area contributed by atoms with Gasteiger partial charge in [-0.1, -0.05) is 60.5 Å². The number of hydrazine groups is 1. The molecule has 6 nitrogen and oxygen atoms in total. The van der Waals surface area contributed by atoms with E-state index in [1.165, 1.54) is 12.1 Å². The van der Waals surface area contributed by atoms with Crippen LogP contribution >= 0.6 is 11.6 Å². The van der Waals surface area contributed by atoms with Crippen LogP contribution in [0.3, 0.4) is 0 Å². The van der Waals surface area contributed by atoms with E-state index in [1.807, 2.05) is 13.0 Å². The van der Waals surface area contributed by atoms with Crippen LogP contribution in [0.25, 0.3) is 0 Å². The van der Waals surface area contributed by atoms with Crippen molar-refractivity contribution in [3.8, 4) is 0 Å². The van der Waals surface area contributed by atoms with E-state index in [9.17, 15) is 19.2 Å². The summed E-state index contributed by atoms with van der Waals surface area (Å²) in [6, 6.07) is 13.8. The predicted octanol–water partition coefficient (Wildman–Crippen LogP) is 4.70. The zero-order chi connectivity index (χ0) is 23.7. The van der Waals surface area contributed by atoms with Gasteiger partial charge in [0.2, 0.25) is 0 Å². The first kappa shape index (κ1) is 22.9. The van der Waals surface area contributed by atoms with Crippen molar-refractivity contribution < 1.29 is 19.2 Å². The van der Waals surface area contributed by atoms with E-state index in [-0.39, 0.29) is 17.8 Å². The lowest BCUT2D eigenvalue weighted by atomic mass is 9.82. The Kier molecular flexibility index (Phi) is 6.47. The van der Waals surface area contributed by atoms with Gasteiger partial charge in [0.25, 0.3) is 17.7 Å². The molecule has 2 aromatic rings. The lowest BCUT2D eigenvalue weighted by Gasteiger charge is -2.36. The average Bonchev–Trinajstić information content (AvgIpc) is 3.06. The highest BCUT2D eigenvalue weighted by molar-refractivity contribution is 6.30. The van der Waals surface area contributed by atoms with Crippen molar-refractivity contribution in [1.29, 1.82) is 0 Å². The minimum atomic E-state index is -1.02. The molecule has 1 aliphatic carbocycles. The van der Waals surface area contributed by atoms with Gasteiger partial charge in [0.05, 0.1) is 11.8 Å². The van der Waals surface area contributed by atoms with Crippen LogP contribution in [0, 0.1) is 11.8 Å². The highest BCUT2D eigenvalue weighted by atomic mass is 35.5. The molecule has 0 radical (unpaired) electrons. The minimum Gasteiger partial charge on any atom is -0.292 e. The third-order valence-electron chi connectivity index (χ3n) is 6.36. The van der Waals surface area contributed by atoms with E-state index in [4.69, 9.17) is 11.6 Å². The van der Waals surface area contributed by atoms with Crippen molar-refractivity contribution >= 4 is 35.1 Å². The fourth-order valence-electron chi connectivity index (χ4n) is 4.59. The van der Waals surface area contributed by atoms with Gasteiger partial charge in [0.15, 0.2) is 5.78 Å². The number of nitrogens with zero attached hydrogens (tertiary/aromatic N) is 2. The summed E-state index contributed by atoms with van der Waals surface area (Å²) in [5.74, 6) is -2.83. The van der Waals surface area contributed by atoms with Gasteiger partial charge in [-0.3, -0.25) is 19.2 Å². The standard InChI is InChI=1S/C26H25ClN2O4/c1-3-22(23(30)17-7-5-4-6-8-17)28(24(31)18-10-12-19(27)13-11-18)29-25(32)20-14-9-16(2)15-21(20)26(29)33/h4-13,20-22H,3,14-15H2,1-2H3/t20-,21-,22-/m1/s1. The Morgan fingerprint density at radius 2 is 1.64 bits per heavy atom. The summed E-state index contributed by atoms with van der Waals surface area (Å²) in [5.41, 5.74) is 1.69. The van der Waals surface area contributed by atoms with E-state index in [0.29, 0.717) is 23.4 Å². The molecule has 0 spiro atoms. The molecule has 0 saturated carbocycles. The van der Waals surface area contributed by atoms with Gasteiger partial charge in [0, 0.05) is 16.1 Å². The maximum Gasteiger partial charge on any atom is 0.273 e. The third kappa shape index (κ3) is 4.23. The number of hydrogen-bond donors (Lipinski definition) is 0. The number of hydrogen-bond acceptors (Lipinski definition) is 4. The van der Waals surface area contributed by atoms with Crippen LogP contribution in [-0.4, -0.2) is 39.6 Å². The molecule has 0 bridgehead atoms. The van der Waals surface area contributed by atoms with E-state index >= 15 is 0 Å². The Hall–Kier alpha value is -3.25. The highest BCUT2D eigenvalue weighted by Crippen LogP contribution is 2.39. The van der Waals surface area contributed by atoms with E-state index in [2.05, 4.69) is 0 Å². The second kappa shape index (κ2) is 9.32. The van der Waals surface area contributed by atoms with Crippen LogP contribution in [0.15, 0.2) is 66.2 Å². The van der Waals surface area contributed by atoms with Crippen molar-refractivity contribution in [2.24, 2.45) is 11.8 Å². The molecule has 3 atom stereocenters. The maximum atomic E-state index is 13.7. The topological polar surface area (TPSA) is 74.8 Å². The summed E-state index contributed by atoms with van der Waals surface area (Å²) in [6.45, 7) is 3.69. The van der Waals surface area contributed by atoms with Crippen LogP contribution in [0.2, 0.25) is 5.02 Å². The summed E-state index contributed by atoms with van der Waals surface area (Å²) in [6.07, 6.45) is 3.12. The summed E-state index contributed by atoms with van der Waals surface area (Å²) in [7, 11) is 0. The number of Topliss-reactive ketones (excluding diaryl/α,β-unsaturated/α-hetero) is 1. The molecule has 2 aliphatic rings. The van der Waals surface area contributed by atoms with Crippen molar-refractivity contribution in [3.05, 3.63) is 82.4 Å². The molecule has 4 rings (SSSR count). The van der Waals surface area contributed by atoms with Gasteiger partial charge < -0.3 is 0 Å². The second-order valence-corrected chi connectivity index (χ2v) is 8.94. The molecule has 0 N–H and O–H groups in total. The van der Waals surface area contributed by atoms with Crippen LogP contribution in [0.4, 0.5) is 0 Å². The summed E-state index contributed by atoms with van der Waals surface area (Å²) >= 11 is 5.98. The van der Waals surface area contributed by atoms with Gasteiger partial charge in [-0.15, -0.1) is 0 Å². The number of benzene rings is 2. The minimum absolute atomic E-state index is 0.233. The Balaban J connectivity index is 1.78. The van der Waals surface area contributed by atoms with Crippen LogP contribution in [0.1, 0.15) is 53.8 Å². The molecule has 1 saturated heterocycles. The van der Waals surface area contributed by atoms with Crippen molar-refractivity contribution in [2.75, 3.05) is 0 Å². The van der Waals surface area contributed by atoms with Crippen LogP contribution in [-0.2, 0) is 9.59 Å². The fourth-order valence-corrected chi connectivity index (χ4v) is 4.72. The normalized spacial score (nSPS) is 20.8. The number of rotatable bonds is 6. The molecule has 1 fully saturated rings. The first-order chi connectivity index (χ1) is 15.8. The molecular weight excluding hydrogens is 440 g/mol. The summed E-state index contributed by atoms with van der Waals surface area (Å²) in [4.78, 5) is 54.1. The predicted molar refractivity (Wildman–Crippen MR) is 124 cm³/mol. The molecule has 0 aromatic heterocycles. The van der Waals surface area contributed by atoms with Crippen molar-refractivity contribution in [3.63, 3.8) is 0 Å². The number of amides is 3. The molecule has 0 unspecified atom stereocenters. The Bertz CT molecular complexity index is 1130. The zero-order valence-corrected chi connectivity index (χ0v) is 19.3. The van der Waals surface area contributed by atoms with E-state index in [1.54, 1.807) is 49.4 Å². The van der Waals surface area contributed by atoms with E-state index < -0.39 is 35.6 Å². The van der Waals surface area contributed by atoms with Crippen LogP contribution < -0.4 is 0 Å². The van der Waals surface area contributed by atoms with Crippen molar-refractivity contribution in [2.45, 2.75) is 39.2 Å². The van der Waals surface area contributed by atoms with Gasteiger partial charge in [-0.2, -0.15) is 5.01 Å². The van der Waals surface area contributed by atoms with Crippen LogP contribution in [0.5, 0.6) is 0 Å². The monoisotopic (exact) mass is 464 g/mol. The quantitative estimate of drug-likeness (QED) is 0.353. The second-order valence-electron chi connectivity index (χ2n) is 8.50. The number of carbonyl (C=O) groups is 4.